The van der Waals surface area contributed by atoms with Gasteiger partial charge in [-0.05, 0) is 81.3 Å². The van der Waals surface area contributed by atoms with E-state index < -0.39 is 40.5 Å². The maximum Gasteiger partial charge on any atom is 0.320 e. The summed E-state index contributed by atoms with van der Waals surface area (Å²) in [6.45, 7) is 16.8. The monoisotopic (exact) mass is 925 g/mol. The van der Waals surface area contributed by atoms with E-state index in [1.807, 2.05) is 32.2 Å². The zero-order valence-corrected chi connectivity index (χ0v) is 40.8. The van der Waals surface area contributed by atoms with Gasteiger partial charge >= 0.3 is 6.03 Å². The highest BCUT2D eigenvalue weighted by atomic mass is 32.1. The summed E-state index contributed by atoms with van der Waals surface area (Å²) in [4.78, 5) is 71.7. The number of hydrazine groups is 1. The minimum atomic E-state index is -1.17. The number of morpholine rings is 1. The Morgan fingerprint density at radius 2 is 1.92 bits per heavy atom. The number of nitrogens with zero attached hydrogens (tertiary/aromatic N) is 7. The van der Waals surface area contributed by atoms with Crippen molar-refractivity contribution in [3.63, 3.8) is 0 Å². The summed E-state index contributed by atoms with van der Waals surface area (Å²) in [7, 11) is 5.39. The van der Waals surface area contributed by atoms with Crippen LogP contribution in [-0.2, 0) is 48.0 Å². The second kappa shape index (κ2) is 19.1. The number of fused-ring (bicyclic) bond motifs is 6. The number of rotatable bonds is 9. The average Bonchev–Trinajstić information content (AvgIpc) is 3.88. The van der Waals surface area contributed by atoms with Crippen molar-refractivity contribution in [1.29, 1.82) is 0 Å². The molecule has 7 heterocycles. The van der Waals surface area contributed by atoms with Gasteiger partial charge in [0.25, 0.3) is 5.91 Å². The number of urea groups is 1. The third kappa shape index (κ3) is 9.39. The number of aldehydes is 1. The average molecular weight is 926 g/mol. The number of aromatic nitrogens is 3. The van der Waals surface area contributed by atoms with Crippen LogP contribution in [0.25, 0.3) is 33.4 Å². The molecule has 3 aromatic heterocycles. The van der Waals surface area contributed by atoms with Crippen molar-refractivity contribution >= 4 is 46.4 Å². The van der Waals surface area contributed by atoms with Gasteiger partial charge < -0.3 is 43.6 Å². The Kier molecular flexibility index (Phi) is 13.8. The van der Waals surface area contributed by atoms with E-state index in [0.29, 0.717) is 57.1 Å². The second-order valence-corrected chi connectivity index (χ2v) is 21.0. The van der Waals surface area contributed by atoms with E-state index in [-0.39, 0.29) is 31.1 Å². The molecule has 1 spiro atoms. The molecule has 0 saturated carbocycles. The number of nitrogens with one attached hydrogen (secondary N) is 2. The quantitative estimate of drug-likeness (QED) is 0.209. The first kappa shape index (κ1) is 47.7. The minimum Gasteiger partial charge on any atom is -0.378 e. The lowest BCUT2D eigenvalue weighted by molar-refractivity contribution is -0.169. The van der Waals surface area contributed by atoms with Crippen LogP contribution in [0, 0.1) is 11.3 Å². The third-order valence-electron chi connectivity index (χ3n) is 13.8. The van der Waals surface area contributed by atoms with Crippen LogP contribution in [-0.4, -0.2) is 155 Å². The second-order valence-electron chi connectivity index (χ2n) is 20.0. The van der Waals surface area contributed by atoms with Crippen LogP contribution in [0.4, 0.5) is 4.79 Å². The predicted octanol–water partition coefficient (Wildman–Crippen LogP) is 5.34. The van der Waals surface area contributed by atoms with Gasteiger partial charge in [0.05, 0.1) is 61.1 Å². The van der Waals surface area contributed by atoms with E-state index in [0.717, 1.165) is 70.6 Å². The van der Waals surface area contributed by atoms with Crippen LogP contribution in [0.5, 0.6) is 0 Å². The molecule has 66 heavy (non-hydrogen) atoms. The van der Waals surface area contributed by atoms with E-state index in [2.05, 4.69) is 72.3 Å². The molecular weight excluding hydrogens is 859 g/mol. The summed E-state index contributed by atoms with van der Waals surface area (Å²) >= 11 is 1.43. The number of likely N-dealkylation sites (N-methyl/N-ethyl adjacent to an activating group) is 2. The van der Waals surface area contributed by atoms with Gasteiger partial charge in [-0.15, -0.1) is 11.3 Å². The fourth-order valence-corrected chi connectivity index (χ4v) is 11.3. The molecule has 3 fully saturated rings. The number of methoxy groups -OCH3 is 1. The van der Waals surface area contributed by atoms with Crippen LogP contribution in [0.15, 0.2) is 41.9 Å². The molecule has 0 aliphatic carbocycles. The highest BCUT2D eigenvalue weighted by Gasteiger charge is 2.50. The zero-order valence-electron chi connectivity index (χ0n) is 40.0. The van der Waals surface area contributed by atoms with E-state index in [1.165, 1.54) is 21.2 Å². The summed E-state index contributed by atoms with van der Waals surface area (Å²) in [6.07, 6.45) is 4.18. The van der Waals surface area contributed by atoms with Crippen molar-refractivity contribution in [2.45, 2.75) is 103 Å². The molecule has 1 unspecified atom stereocenters. The first-order valence-electron chi connectivity index (χ1n) is 23.4. The first-order chi connectivity index (χ1) is 31.5. The van der Waals surface area contributed by atoms with Crippen molar-refractivity contribution < 1.29 is 33.4 Å². The zero-order chi connectivity index (χ0) is 47.1. The molecule has 8 rings (SSSR count). The highest BCUT2D eigenvalue weighted by Crippen LogP contribution is 2.42. The Balaban J connectivity index is 1.15. The first-order valence-corrected chi connectivity index (χ1v) is 24.2. The molecule has 3 saturated heterocycles. The number of hydrogen-bond acceptors (Lipinski definition) is 12. The molecule has 4 aromatic rings. The smallest absolute Gasteiger partial charge is 0.320 e. The molecule has 2 N–H and O–H groups in total. The van der Waals surface area contributed by atoms with Crippen molar-refractivity contribution in [2.75, 3.05) is 73.7 Å². The maximum absolute atomic E-state index is 14.8. The number of thiazole rings is 1. The molecule has 17 heteroatoms. The molecule has 356 valence electrons. The molecule has 4 amide bonds. The number of pyridine rings is 1. The van der Waals surface area contributed by atoms with Crippen molar-refractivity contribution in [3.05, 3.63) is 58.2 Å². The van der Waals surface area contributed by atoms with Gasteiger partial charge in [-0.1, -0.05) is 33.8 Å². The van der Waals surface area contributed by atoms with Crippen molar-refractivity contribution in [1.82, 2.24) is 45.0 Å². The van der Waals surface area contributed by atoms with Crippen LogP contribution in [0.1, 0.15) is 76.8 Å². The lowest BCUT2D eigenvalue weighted by atomic mass is 9.84. The van der Waals surface area contributed by atoms with Gasteiger partial charge in [0.2, 0.25) is 5.91 Å². The van der Waals surface area contributed by atoms with Crippen molar-refractivity contribution in [3.8, 4) is 22.5 Å². The fraction of sp³-hybridized carbons (Fsp3) is 0.592. The van der Waals surface area contributed by atoms with Gasteiger partial charge in [-0.3, -0.25) is 19.6 Å². The Morgan fingerprint density at radius 1 is 1.14 bits per heavy atom. The predicted molar refractivity (Wildman–Crippen MR) is 254 cm³/mol. The number of likely N-dealkylation sites (tertiary alicyclic amines) is 1. The van der Waals surface area contributed by atoms with Crippen LogP contribution >= 0.6 is 11.3 Å². The number of hydrogen-bond donors (Lipinski definition) is 2. The Bertz CT molecular complexity index is 2450. The van der Waals surface area contributed by atoms with Gasteiger partial charge in [0.1, 0.15) is 29.5 Å². The van der Waals surface area contributed by atoms with Crippen molar-refractivity contribution in [2.24, 2.45) is 11.3 Å². The minimum absolute atomic E-state index is 0.0455. The van der Waals surface area contributed by atoms with Gasteiger partial charge in [0.15, 0.2) is 0 Å². The van der Waals surface area contributed by atoms with Crippen LogP contribution in [0.2, 0.25) is 0 Å². The number of carbonyl (C=O) groups excluding carboxylic acids is 4. The molecule has 1 aromatic carbocycles. The molecule has 16 nitrogen and oxygen atoms in total. The summed E-state index contributed by atoms with van der Waals surface area (Å²) in [5.41, 5.74) is 8.15. The largest absolute Gasteiger partial charge is 0.378 e. The van der Waals surface area contributed by atoms with Gasteiger partial charge in [0, 0.05) is 80.4 Å². The standard InChI is InChI=1S/C49H67N9O7S/c1-10-57-39-15-14-33-21-35(39)36(43(57)34-13-11-17-50-41(34)32(4)63-9)23-47(5,6)29-64-30-48(28-59)16-12-18-58(53-48)45(61)37(22-40-51-38(33)24-66-40)52-44(60)42(31(2)3)55(8)46(62)56-26-49(27-56)25-54(7)19-20-65-49/h11,13-15,17,21,24,28,31-32,37,42,53H,10,12,16,18-20,22-23,25-27,29-30H2,1-9H3,(H,52,60)/t32-,37-,42-,48?/m0/s1. The molecule has 4 aliphatic rings. The summed E-state index contributed by atoms with van der Waals surface area (Å²) in [5, 5.41) is 8.27. The lowest BCUT2D eigenvalue weighted by Crippen LogP contribution is -2.72. The molecular formula is C49H67N9O7S. The number of aryl methyl sites for hydroxylation is 1. The van der Waals surface area contributed by atoms with E-state index in [4.69, 9.17) is 24.2 Å². The lowest BCUT2D eigenvalue weighted by Gasteiger charge is -2.54. The van der Waals surface area contributed by atoms with E-state index >= 15 is 0 Å². The topological polar surface area (TPSA) is 164 Å². The summed E-state index contributed by atoms with van der Waals surface area (Å²) < 4.78 is 20.8. The number of amides is 4. The SMILES string of the molecule is CCn1c(-c2cccnc2[C@H](C)OC)c2c3cc(ccc31)-c1csc(n1)C[C@H](NC(=O)[C@H](C(C)C)N(C)C(=O)N1CC3(CN(C)CCO3)C1)C(=O)N1CCCC(C=O)(COCC(C)(C)C2)N1. The third-order valence-corrected chi connectivity index (χ3v) is 14.7. The molecule has 4 aliphatic heterocycles. The van der Waals surface area contributed by atoms with Crippen LogP contribution in [0.3, 0.4) is 0 Å². The molecule has 4 atom stereocenters. The van der Waals surface area contributed by atoms with Gasteiger partial charge in [-0.25, -0.2) is 15.2 Å². The molecule has 6 bridgehead atoms. The number of ether oxygens (including phenoxy) is 3. The Labute approximate surface area is 392 Å². The molecule has 0 radical (unpaired) electrons. The number of carbonyl (C=O) groups is 4. The van der Waals surface area contributed by atoms with E-state index in [9.17, 15) is 19.2 Å². The van der Waals surface area contributed by atoms with E-state index in [1.54, 1.807) is 25.3 Å². The summed E-state index contributed by atoms with van der Waals surface area (Å²) in [6, 6.07) is 8.34. The Morgan fingerprint density at radius 3 is 2.64 bits per heavy atom. The Hall–Kier alpha value is -4.78. The maximum atomic E-state index is 14.8. The normalized spacial score (nSPS) is 23.3. The fourth-order valence-electron chi connectivity index (χ4n) is 10.4. The highest BCUT2D eigenvalue weighted by molar-refractivity contribution is 7.10. The van der Waals surface area contributed by atoms with Crippen LogP contribution < -0.4 is 10.7 Å². The number of benzene rings is 1. The summed E-state index contributed by atoms with van der Waals surface area (Å²) in [5.74, 6) is -1.12. The van der Waals surface area contributed by atoms with Gasteiger partial charge in [-0.2, -0.15) is 0 Å².